The highest BCUT2D eigenvalue weighted by atomic mass is 16.3. The van der Waals surface area contributed by atoms with Gasteiger partial charge in [0.2, 0.25) is 0 Å². The molecule has 1 amide bonds. The number of benzene rings is 1. The third-order valence-electron chi connectivity index (χ3n) is 3.30. The number of phenolic OH excluding ortho intramolecular Hbond substituents is 2. The van der Waals surface area contributed by atoms with Gasteiger partial charge >= 0.3 is 0 Å². The number of rotatable bonds is 3. The van der Waals surface area contributed by atoms with Gasteiger partial charge in [-0.2, -0.15) is 0 Å². The number of carbonyl (C=O) groups is 1. The van der Waals surface area contributed by atoms with Gasteiger partial charge in [0.15, 0.2) is 0 Å². The first-order valence-corrected chi connectivity index (χ1v) is 6.11. The van der Waals surface area contributed by atoms with Gasteiger partial charge in [-0.1, -0.05) is 0 Å². The van der Waals surface area contributed by atoms with E-state index in [9.17, 15) is 15.0 Å². The SMILES string of the molecule is NC1CCC(CNC(=O)c2cc(O)cc(O)c2)C1. The van der Waals surface area contributed by atoms with Gasteiger partial charge < -0.3 is 21.3 Å². The second-order valence-electron chi connectivity index (χ2n) is 4.89. The highest BCUT2D eigenvalue weighted by molar-refractivity contribution is 5.95. The van der Waals surface area contributed by atoms with E-state index in [1.54, 1.807) is 0 Å². The van der Waals surface area contributed by atoms with Crippen molar-refractivity contribution in [1.29, 1.82) is 0 Å². The molecule has 5 heteroatoms. The fourth-order valence-corrected chi connectivity index (χ4v) is 2.36. The lowest BCUT2D eigenvalue weighted by molar-refractivity contribution is 0.0946. The quantitative estimate of drug-likeness (QED) is 0.642. The Balaban J connectivity index is 1.91. The van der Waals surface area contributed by atoms with Crippen molar-refractivity contribution >= 4 is 5.91 Å². The summed E-state index contributed by atoms with van der Waals surface area (Å²) in [4.78, 5) is 11.8. The number of nitrogens with one attached hydrogen (secondary N) is 1. The maximum absolute atomic E-state index is 11.8. The number of carbonyl (C=O) groups excluding carboxylic acids is 1. The first-order chi connectivity index (χ1) is 8.54. The van der Waals surface area contributed by atoms with Gasteiger partial charge in [0.1, 0.15) is 11.5 Å². The fraction of sp³-hybridized carbons (Fsp3) is 0.462. The Kier molecular flexibility index (Phi) is 3.72. The van der Waals surface area contributed by atoms with E-state index in [1.165, 1.54) is 18.2 Å². The van der Waals surface area contributed by atoms with Crippen LogP contribution in [0.1, 0.15) is 29.6 Å². The highest BCUT2D eigenvalue weighted by Gasteiger charge is 2.22. The molecule has 1 aromatic carbocycles. The van der Waals surface area contributed by atoms with Crippen LogP contribution in [0.4, 0.5) is 0 Å². The van der Waals surface area contributed by atoms with E-state index in [1.807, 2.05) is 0 Å². The van der Waals surface area contributed by atoms with Gasteiger partial charge in [0.25, 0.3) is 5.91 Å². The topological polar surface area (TPSA) is 95.6 Å². The molecular formula is C13H18N2O3. The Morgan fingerprint density at radius 3 is 2.50 bits per heavy atom. The molecule has 1 aliphatic rings. The summed E-state index contributed by atoms with van der Waals surface area (Å²) in [6, 6.07) is 4.09. The Morgan fingerprint density at radius 1 is 1.28 bits per heavy atom. The molecule has 2 rings (SSSR count). The molecule has 0 radical (unpaired) electrons. The molecule has 5 N–H and O–H groups in total. The molecule has 98 valence electrons. The van der Waals surface area contributed by atoms with Crippen molar-refractivity contribution in [1.82, 2.24) is 5.32 Å². The molecule has 1 saturated carbocycles. The third kappa shape index (κ3) is 3.13. The summed E-state index contributed by atoms with van der Waals surface area (Å²) in [7, 11) is 0. The highest BCUT2D eigenvalue weighted by Crippen LogP contribution is 2.24. The summed E-state index contributed by atoms with van der Waals surface area (Å²) in [5.74, 6) is -0.109. The first kappa shape index (κ1) is 12.7. The van der Waals surface area contributed by atoms with E-state index in [-0.39, 0.29) is 29.0 Å². The van der Waals surface area contributed by atoms with Crippen LogP contribution in [0.15, 0.2) is 18.2 Å². The molecular weight excluding hydrogens is 232 g/mol. The van der Waals surface area contributed by atoms with Gasteiger partial charge in [0, 0.05) is 24.2 Å². The fourth-order valence-electron chi connectivity index (χ4n) is 2.36. The summed E-state index contributed by atoms with van der Waals surface area (Å²) in [6.07, 6.45) is 2.98. The number of hydrogen-bond acceptors (Lipinski definition) is 4. The van der Waals surface area contributed by atoms with Crippen LogP contribution in [0.25, 0.3) is 0 Å². The van der Waals surface area contributed by atoms with E-state index in [0.717, 1.165) is 19.3 Å². The maximum Gasteiger partial charge on any atom is 0.251 e. The van der Waals surface area contributed by atoms with Crippen LogP contribution in [0.5, 0.6) is 11.5 Å². The van der Waals surface area contributed by atoms with Gasteiger partial charge in [-0.15, -0.1) is 0 Å². The number of aromatic hydroxyl groups is 2. The average molecular weight is 250 g/mol. The second-order valence-corrected chi connectivity index (χ2v) is 4.89. The minimum Gasteiger partial charge on any atom is -0.508 e. The van der Waals surface area contributed by atoms with Crippen molar-refractivity contribution in [3.63, 3.8) is 0 Å². The molecule has 1 fully saturated rings. The second kappa shape index (κ2) is 5.27. The minimum atomic E-state index is -0.290. The van der Waals surface area contributed by atoms with Crippen molar-refractivity contribution in [2.24, 2.45) is 11.7 Å². The Morgan fingerprint density at radius 2 is 1.94 bits per heavy atom. The van der Waals surface area contributed by atoms with Crippen LogP contribution in [0, 0.1) is 5.92 Å². The molecule has 1 aromatic rings. The zero-order valence-electron chi connectivity index (χ0n) is 10.1. The van der Waals surface area contributed by atoms with Gasteiger partial charge in [-0.25, -0.2) is 0 Å². The van der Waals surface area contributed by atoms with Crippen LogP contribution in [-0.4, -0.2) is 28.7 Å². The molecule has 18 heavy (non-hydrogen) atoms. The Hall–Kier alpha value is -1.75. The molecule has 0 bridgehead atoms. The number of phenols is 2. The van der Waals surface area contributed by atoms with Crippen LogP contribution in [0.2, 0.25) is 0 Å². The van der Waals surface area contributed by atoms with Gasteiger partial charge in [0.05, 0.1) is 0 Å². The van der Waals surface area contributed by atoms with Crippen molar-refractivity contribution in [3.8, 4) is 11.5 Å². The van der Waals surface area contributed by atoms with E-state index in [4.69, 9.17) is 5.73 Å². The van der Waals surface area contributed by atoms with Gasteiger partial charge in [-0.3, -0.25) is 4.79 Å². The summed E-state index contributed by atoms with van der Waals surface area (Å²) in [5, 5.41) is 21.4. The summed E-state index contributed by atoms with van der Waals surface area (Å²) in [5.41, 5.74) is 6.06. The standard InChI is InChI=1S/C13H18N2O3/c14-10-2-1-8(3-10)7-15-13(18)9-4-11(16)6-12(17)5-9/h4-6,8,10,16-17H,1-3,7,14H2,(H,15,18). The van der Waals surface area contributed by atoms with Crippen LogP contribution >= 0.6 is 0 Å². The molecule has 0 heterocycles. The summed E-state index contributed by atoms with van der Waals surface area (Å²) in [6.45, 7) is 0.586. The van der Waals surface area contributed by atoms with E-state index >= 15 is 0 Å². The van der Waals surface area contributed by atoms with Gasteiger partial charge in [-0.05, 0) is 37.3 Å². The summed E-state index contributed by atoms with van der Waals surface area (Å²) < 4.78 is 0. The molecule has 0 saturated heterocycles. The van der Waals surface area contributed by atoms with Crippen LogP contribution in [-0.2, 0) is 0 Å². The molecule has 5 nitrogen and oxygen atoms in total. The van der Waals surface area contributed by atoms with Crippen LogP contribution < -0.4 is 11.1 Å². The summed E-state index contributed by atoms with van der Waals surface area (Å²) >= 11 is 0. The maximum atomic E-state index is 11.8. The molecule has 0 spiro atoms. The lowest BCUT2D eigenvalue weighted by Crippen LogP contribution is -2.29. The first-order valence-electron chi connectivity index (χ1n) is 6.11. The number of nitrogens with two attached hydrogens (primary N) is 1. The minimum absolute atomic E-state index is 0.122. The molecule has 2 unspecified atom stereocenters. The Bertz CT molecular complexity index is 428. The lowest BCUT2D eigenvalue weighted by Gasteiger charge is -2.11. The van der Waals surface area contributed by atoms with E-state index < -0.39 is 0 Å². The van der Waals surface area contributed by atoms with Crippen molar-refractivity contribution in [2.75, 3.05) is 6.54 Å². The Labute approximate surface area is 106 Å². The molecule has 1 aliphatic carbocycles. The molecule has 0 aliphatic heterocycles. The van der Waals surface area contributed by atoms with E-state index in [2.05, 4.69) is 5.32 Å². The number of amides is 1. The average Bonchev–Trinajstić information content (AvgIpc) is 2.70. The zero-order chi connectivity index (χ0) is 13.1. The zero-order valence-corrected chi connectivity index (χ0v) is 10.1. The predicted octanol–water partition coefficient (Wildman–Crippen LogP) is 0.955. The number of hydrogen-bond donors (Lipinski definition) is 4. The third-order valence-corrected chi connectivity index (χ3v) is 3.30. The predicted molar refractivity (Wildman–Crippen MR) is 67.4 cm³/mol. The largest absolute Gasteiger partial charge is 0.508 e. The van der Waals surface area contributed by atoms with Crippen molar-refractivity contribution in [2.45, 2.75) is 25.3 Å². The van der Waals surface area contributed by atoms with Crippen LogP contribution in [0.3, 0.4) is 0 Å². The monoisotopic (exact) mass is 250 g/mol. The normalized spacial score (nSPS) is 22.9. The van der Waals surface area contributed by atoms with Crippen molar-refractivity contribution < 1.29 is 15.0 Å². The lowest BCUT2D eigenvalue weighted by atomic mass is 10.1. The smallest absolute Gasteiger partial charge is 0.251 e. The van der Waals surface area contributed by atoms with E-state index in [0.29, 0.717) is 12.5 Å². The van der Waals surface area contributed by atoms with Crippen molar-refractivity contribution in [3.05, 3.63) is 23.8 Å². The molecule has 0 aromatic heterocycles. The molecule has 2 atom stereocenters.